The van der Waals surface area contributed by atoms with Crippen LogP contribution in [0.15, 0.2) is 6.07 Å². The van der Waals surface area contributed by atoms with Crippen LogP contribution in [-0.4, -0.2) is 24.3 Å². The van der Waals surface area contributed by atoms with Crippen LogP contribution >= 0.6 is 11.6 Å². The lowest BCUT2D eigenvalue weighted by Gasteiger charge is -2.30. The van der Waals surface area contributed by atoms with E-state index in [1.165, 1.54) is 6.07 Å². The molecule has 0 fully saturated rings. The van der Waals surface area contributed by atoms with Gasteiger partial charge >= 0.3 is 5.97 Å². The number of hydrogen-bond acceptors (Lipinski definition) is 3. The van der Waals surface area contributed by atoms with E-state index >= 15 is 0 Å². The molecule has 1 aromatic carbocycles. The number of carbonyl (C=O) groups is 1. The van der Waals surface area contributed by atoms with Crippen molar-refractivity contribution in [2.24, 2.45) is 0 Å². The standard InChI is InChI=1S/C13H14ClFO4/c1-13(2,6-9(16)17)10-11(15)7(14)5-8-12(10)19-4-3-18-8/h5H,3-4,6H2,1-2H3,(H,16,17). The van der Waals surface area contributed by atoms with E-state index < -0.39 is 17.2 Å². The van der Waals surface area contributed by atoms with E-state index in [4.69, 9.17) is 26.2 Å². The third kappa shape index (κ3) is 2.61. The molecule has 2 rings (SSSR count). The molecule has 1 aliphatic heterocycles. The van der Waals surface area contributed by atoms with Crippen molar-refractivity contribution < 1.29 is 23.8 Å². The minimum Gasteiger partial charge on any atom is -0.486 e. The summed E-state index contributed by atoms with van der Waals surface area (Å²) in [5, 5.41) is 8.85. The highest BCUT2D eigenvalue weighted by molar-refractivity contribution is 6.31. The zero-order chi connectivity index (χ0) is 14.2. The monoisotopic (exact) mass is 288 g/mol. The lowest BCUT2D eigenvalue weighted by Crippen LogP contribution is -2.27. The molecule has 0 aliphatic carbocycles. The molecule has 0 saturated heterocycles. The van der Waals surface area contributed by atoms with Crippen LogP contribution in [0.3, 0.4) is 0 Å². The second-order valence-electron chi connectivity index (χ2n) is 5.03. The van der Waals surface area contributed by atoms with E-state index in [0.29, 0.717) is 19.0 Å². The highest BCUT2D eigenvalue weighted by atomic mass is 35.5. The van der Waals surface area contributed by atoms with E-state index in [1.807, 2.05) is 0 Å². The molecule has 0 saturated carbocycles. The summed E-state index contributed by atoms with van der Waals surface area (Å²) in [7, 11) is 0. The number of carboxylic acid groups (broad SMARTS) is 1. The number of carboxylic acids is 1. The van der Waals surface area contributed by atoms with Crippen LogP contribution in [0.5, 0.6) is 11.5 Å². The first-order valence-corrected chi connectivity index (χ1v) is 6.20. The van der Waals surface area contributed by atoms with Crippen molar-refractivity contribution >= 4 is 17.6 Å². The molecule has 0 bridgehead atoms. The zero-order valence-electron chi connectivity index (χ0n) is 10.6. The quantitative estimate of drug-likeness (QED) is 0.929. The highest BCUT2D eigenvalue weighted by Crippen LogP contribution is 2.45. The summed E-state index contributed by atoms with van der Waals surface area (Å²) in [4.78, 5) is 10.9. The van der Waals surface area contributed by atoms with Gasteiger partial charge in [-0.2, -0.15) is 0 Å². The molecule has 1 aliphatic rings. The number of aliphatic carboxylic acids is 1. The summed E-state index contributed by atoms with van der Waals surface area (Å²) in [6.07, 6.45) is -0.236. The van der Waals surface area contributed by atoms with Gasteiger partial charge in [-0.05, 0) is 0 Å². The van der Waals surface area contributed by atoms with Gasteiger partial charge in [0.2, 0.25) is 0 Å². The molecule has 0 unspecified atom stereocenters. The Morgan fingerprint density at radius 1 is 1.47 bits per heavy atom. The van der Waals surface area contributed by atoms with Crippen molar-refractivity contribution in [1.29, 1.82) is 0 Å². The Labute approximate surface area is 115 Å². The van der Waals surface area contributed by atoms with Crippen LogP contribution < -0.4 is 9.47 Å². The van der Waals surface area contributed by atoms with Gasteiger partial charge in [-0.15, -0.1) is 0 Å². The molecule has 19 heavy (non-hydrogen) atoms. The van der Waals surface area contributed by atoms with Crippen LogP contribution in [0.1, 0.15) is 25.8 Å². The Morgan fingerprint density at radius 2 is 2.11 bits per heavy atom. The van der Waals surface area contributed by atoms with E-state index in [0.717, 1.165) is 0 Å². The predicted molar refractivity (Wildman–Crippen MR) is 67.7 cm³/mol. The molecule has 6 heteroatoms. The molecule has 0 atom stereocenters. The average Bonchev–Trinajstić information content (AvgIpc) is 2.28. The van der Waals surface area contributed by atoms with Crippen molar-refractivity contribution in [2.75, 3.05) is 13.2 Å². The largest absolute Gasteiger partial charge is 0.486 e. The van der Waals surface area contributed by atoms with Crippen LogP contribution in [0.4, 0.5) is 4.39 Å². The normalized spacial score (nSPS) is 14.3. The maximum Gasteiger partial charge on any atom is 0.304 e. The minimum absolute atomic E-state index is 0.0993. The van der Waals surface area contributed by atoms with Gasteiger partial charge in [0.15, 0.2) is 11.5 Å². The van der Waals surface area contributed by atoms with Gasteiger partial charge in [-0.1, -0.05) is 25.4 Å². The van der Waals surface area contributed by atoms with Crippen LogP contribution in [0.2, 0.25) is 5.02 Å². The number of rotatable bonds is 3. The Balaban J connectivity index is 2.60. The molecule has 1 aromatic rings. The molecule has 1 heterocycles. The number of hydrogen-bond donors (Lipinski definition) is 1. The second-order valence-corrected chi connectivity index (χ2v) is 5.43. The molecule has 0 aromatic heterocycles. The van der Waals surface area contributed by atoms with Crippen LogP contribution in [-0.2, 0) is 10.2 Å². The third-order valence-corrected chi connectivity index (χ3v) is 3.27. The Hall–Kier alpha value is -1.49. The summed E-state index contributed by atoms with van der Waals surface area (Å²) in [5.41, 5.74) is -0.803. The summed E-state index contributed by atoms with van der Waals surface area (Å²) >= 11 is 5.84. The smallest absolute Gasteiger partial charge is 0.304 e. The van der Waals surface area contributed by atoms with Crippen molar-refractivity contribution in [3.8, 4) is 11.5 Å². The lowest BCUT2D eigenvalue weighted by atomic mass is 9.80. The molecule has 1 N–H and O–H groups in total. The summed E-state index contributed by atoms with van der Waals surface area (Å²) in [5.74, 6) is -1.07. The summed E-state index contributed by atoms with van der Waals surface area (Å²) in [6, 6.07) is 1.35. The van der Waals surface area contributed by atoms with Gasteiger partial charge in [-0.3, -0.25) is 4.79 Å². The first-order valence-electron chi connectivity index (χ1n) is 5.83. The topological polar surface area (TPSA) is 55.8 Å². The number of benzene rings is 1. The van der Waals surface area contributed by atoms with Gasteiger partial charge in [0.1, 0.15) is 19.0 Å². The Kier molecular flexibility index (Phi) is 3.58. The summed E-state index contributed by atoms with van der Waals surface area (Å²) < 4.78 is 25.1. The molecule has 4 nitrogen and oxygen atoms in total. The second kappa shape index (κ2) is 4.89. The fourth-order valence-corrected chi connectivity index (χ4v) is 2.40. The molecule has 0 radical (unpaired) electrons. The fraction of sp³-hybridized carbons (Fsp3) is 0.462. The number of ether oxygens (including phenoxy) is 2. The van der Waals surface area contributed by atoms with Gasteiger partial charge in [0, 0.05) is 17.0 Å². The maximum absolute atomic E-state index is 14.3. The molecule has 0 spiro atoms. The van der Waals surface area contributed by atoms with E-state index in [1.54, 1.807) is 13.8 Å². The maximum atomic E-state index is 14.3. The van der Waals surface area contributed by atoms with Gasteiger partial charge in [0.05, 0.1) is 11.4 Å². The van der Waals surface area contributed by atoms with Crippen molar-refractivity contribution in [2.45, 2.75) is 25.7 Å². The molecule has 0 amide bonds. The lowest BCUT2D eigenvalue weighted by molar-refractivity contribution is -0.138. The average molecular weight is 289 g/mol. The molecular formula is C13H14ClFO4. The van der Waals surface area contributed by atoms with Gasteiger partial charge in [0.25, 0.3) is 0 Å². The van der Waals surface area contributed by atoms with Crippen molar-refractivity contribution in [3.05, 3.63) is 22.5 Å². The fourth-order valence-electron chi connectivity index (χ4n) is 2.20. The minimum atomic E-state index is -1.02. The molecule has 104 valence electrons. The third-order valence-electron chi connectivity index (χ3n) is 3.00. The zero-order valence-corrected chi connectivity index (χ0v) is 11.4. The Morgan fingerprint density at radius 3 is 2.74 bits per heavy atom. The van der Waals surface area contributed by atoms with Crippen molar-refractivity contribution in [3.63, 3.8) is 0 Å². The van der Waals surface area contributed by atoms with E-state index in [2.05, 4.69) is 0 Å². The first-order chi connectivity index (χ1) is 8.83. The number of halogens is 2. The SMILES string of the molecule is CC(C)(CC(=O)O)c1c(F)c(Cl)cc2c1OCCO2. The van der Waals surface area contributed by atoms with Crippen LogP contribution in [0, 0.1) is 5.82 Å². The van der Waals surface area contributed by atoms with Gasteiger partial charge in [-0.25, -0.2) is 4.39 Å². The summed E-state index contributed by atoms with van der Waals surface area (Å²) in [6.45, 7) is 3.92. The van der Waals surface area contributed by atoms with Gasteiger partial charge < -0.3 is 14.6 Å². The van der Waals surface area contributed by atoms with Crippen molar-refractivity contribution in [1.82, 2.24) is 0 Å². The number of fused-ring (bicyclic) bond motifs is 1. The Bertz CT molecular complexity index is 528. The predicted octanol–water partition coefficient (Wildman–Crippen LogP) is 3.00. The first kappa shape index (κ1) is 13.9. The molecular weight excluding hydrogens is 275 g/mol. The highest BCUT2D eigenvalue weighted by Gasteiger charge is 2.35. The van der Waals surface area contributed by atoms with E-state index in [9.17, 15) is 9.18 Å². The van der Waals surface area contributed by atoms with Crippen LogP contribution in [0.25, 0.3) is 0 Å². The van der Waals surface area contributed by atoms with E-state index in [-0.39, 0.29) is 22.8 Å².